The molecular weight excluding hydrogens is 252 g/mol. The summed E-state index contributed by atoms with van der Waals surface area (Å²) < 4.78 is 3.98. The molecule has 1 fully saturated rings. The standard InChI is InChI=1S/C14H22N6/c1-13-8-16-20(9-13)10-14-4-2-3-5-18(14)6-7-19-12-15-11-17-19/h8-9,11-12,14H,2-7,10H2,1H3/t14-/m1/s1. The van der Waals surface area contributed by atoms with E-state index in [9.17, 15) is 0 Å². The van der Waals surface area contributed by atoms with Crippen LogP contribution in [-0.2, 0) is 13.1 Å². The molecule has 108 valence electrons. The Bertz CT molecular complexity index is 518. The maximum absolute atomic E-state index is 4.42. The van der Waals surface area contributed by atoms with Gasteiger partial charge < -0.3 is 0 Å². The highest BCUT2D eigenvalue weighted by atomic mass is 15.3. The van der Waals surface area contributed by atoms with E-state index in [0.717, 1.165) is 19.6 Å². The predicted octanol–water partition coefficient (Wildman–Crippen LogP) is 1.34. The zero-order valence-corrected chi connectivity index (χ0v) is 12.0. The quantitative estimate of drug-likeness (QED) is 0.825. The third kappa shape index (κ3) is 3.25. The highest BCUT2D eigenvalue weighted by molar-refractivity contribution is 4.99. The summed E-state index contributed by atoms with van der Waals surface area (Å²) in [7, 11) is 0. The van der Waals surface area contributed by atoms with E-state index in [4.69, 9.17) is 0 Å². The molecule has 0 aromatic carbocycles. The molecule has 3 rings (SSSR count). The summed E-state index contributed by atoms with van der Waals surface area (Å²) in [5.41, 5.74) is 1.23. The van der Waals surface area contributed by atoms with Crippen molar-refractivity contribution in [3.05, 3.63) is 30.6 Å². The Hall–Kier alpha value is -1.69. The van der Waals surface area contributed by atoms with Crippen molar-refractivity contribution in [2.75, 3.05) is 13.1 Å². The van der Waals surface area contributed by atoms with Gasteiger partial charge in [0.1, 0.15) is 12.7 Å². The minimum Gasteiger partial charge on any atom is -0.297 e. The molecule has 2 aromatic heterocycles. The van der Waals surface area contributed by atoms with Gasteiger partial charge in [0, 0.05) is 18.8 Å². The first-order chi connectivity index (χ1) is 9.81. The molecule has 6 nitrogen and oxygen atoms in total. The third-order valence-corrected chi connectivity index (χ3v) is 3.99. The van der Waals surface area contributed by atoms with Gasteiger partial charge >= 0.3 is 0 Å². The Morgan fingerprint density at radius 3 is 2.90 bits per heavy atom. The van der Waals surface area contributed by atoms with Crippen LogP contribution in [0.15, 0.2) is 25.0 Å². The van der Waals surface area contributed by atoms with Gasteiger partial charge in [-0.25, -0.2) is 4.98 Å². The van der Waals surface area contributed by atoms with Crippen LogP contribution in [0.25, 0.3) is 0 Å². The third-order valence-electron chi connectivity index (χ3n) is 3.99. The Morgan fingerprint density at radius 1 is 1.20 bits per heavy atom. The van der Waals surface area contributed by atoms with Crippen molar-refractivity contribution >= 4 is 0 Å². The average Bonchev–Trinajstić information content (AvgIpc) is 3.10. The first kappa shape index (κ1) is 13.3. The highest BCUT2D eigenvalue weighted by Gasteiger charge is 2.22. The number of likely N-dealkylation sites (tertiary alicyclic amines) is 1. The van der Waals surface area contributed by atoms with E-state index < -0.39 is 0 Å². The lowest BCUT2D eigenvalue weighted by molar-refractivity contribution is 0.123. The number of piperidine rings is 1. The minimum atomic E-state index is 0.589. The van der Waals surface area contributed by atoms with Crippen molar-refractivity contribution in [3.63, 3.8) is 0 Å². The van der Waals surface area contributed by atoms with Crippen LogP contribution < -0.4 is 0 Å². The summed E-state index contributed by atoms with van der Waals surface area (Å²) in [6.07, 6.45) is 11.3. The fourth-order valence-corrected chi connectivity index (χ4v) is 2.92. The van der Waals surface area contributed by atoms with Crippen LogP contribution in [0.5, 0.6) is 0 Å². The molecule has 3 heterocycles. The maximum atomic E-state index is 4.42. The summed E-state index contributed by atoms with van der Waals surface area (Å²) in [5.74, 6) is 0. The monoisotopic (exact) mass is 274 g/mol. The van der Waals surface area contributed by atoms with Crippen LogP contribution in [0.1, 0.15) is 24.8 Å². The molecule has 6 heteroatoms. The van der Waals surface area contributed by atoms with Crippen LogP contribution in [0, 0.1) is 6.92 Å². The summed E-state index contributed by atoms with van der Waals surface area (Å²) >= 11 is 0. The summed E-state index contributed by atoms with van der Waals surface area (Å²) in [5, 5.41) is 8.59. The van der Waals surface area contributed by atoms with Gasteiger partial charge in [0.2, 0.25) is 0 Å². The van der Waals surface area contributed by atoms with Gasteiger partial charge in [-0.15, -0.1) is 0 Å². The second-order valence-corrected chi connectivity index (χ2v) is 5.58. The Balaban J connectivity index is 1.58. The van der Waals surface area contributed by atoms with E-state index in [0.29, 0.717) is 6.04 Å². The molecular formula is C14H22N6. The van der Waals surface area contributed by atoms with Crippen LogP contribution in [-0.4, -0.2) is 48.6 Å². The van der Waals surface area contributed by atoms with Crippen LogP contribution in [0.4, 0.5) is 0 Å². The van der Waals surface area contributed by atoms with E-state index in [1.54, 1.807) is 12.7 Å². The fraction of sp³-hybridized carbons (Fsp3) is 0.643. The Morgan fingerprint density at radius 2 is 2.15 bits per heavy atom. The Kier molecular flexibility index (Phi) is 4.11. The van der Waals surface area contributed by atoms with E-state index >= 15 is 0 Å². The topological polar surface area (TPSA) is 51.8 Å². The smallest absolute Gasteiger partial charge is 0.137 e. The number of rotatable bonds is 5. The number of hydrogen-bond acceptors (Lipinski definition) is 4. The molecule has 0 radical (unpaired) electrons. The summed E-state index contributed by atoms with van der Waals surface area (Å²) in [6.45, 7) is 6.21. The highest BCUT2D eigenvalue weighted by Crippen LogP contribution is 2.18. The second kappa shape index (κ2) is 6.17. The molecule has 0 N–H and O–H groups in total. The Labute approximate surface area is 119 Å². The molecule has 1 aliphatic rings. The molecule has 0 unspecified atom stereocenters. The number of nitrogens with zero attached hydrogens (tertiary/aromatic N) is 6. The summed E-state index contributed by atoms with van der Waals surface area (Å²) in [4.78, 5) is 6.57. The summed E-state index contributed by atoms with van der Waals surface area (Å²) in [6, 6.07) is 0.589. The first-order valence-electron chi connectivity index (χ1n) is 7.37. The van der Waals surface area contributed by atoms with Gasteiger partial charge in [-0.2, -0.15) is 10.2 Å². The first-order valence-corrected chi connectivity index (χ1v) is 7.37. The molecule has 2 aromatic rings. The number of aryl methyl sites for hydroxylation is 1. The minimum absolute atomic E-state index is 0.589. The van der Waals surface area contributed by atoms with Gasteiger partial charge in [-0.05, 0) is 31.9 Å². The van der Waals surface area contributed by atoms with E-state index in [1.807, 2.05) is 10.9 Å². The van der Waals surface area contributed by atoms with Crippen LogP contribution >= 0.6 is 0 Å². The molecule has 0 spiro atoms. The lowest BCUT2D eigenvalue weighted by Crippen LogP contribution is -2.43. The maximum Gasteiger partial charge on any atom is 0.137 e. The van der Waals surface area contributed by atoms with Crippen LogP contribution in [0.3, 0.4) is 0 Å². The van der Waals surface area contributed by atoms with Crippen molar-refractivity contribution in [2.45, 2.75) is 45.3 Å². The zero-order valence-electron chi connectivity index (χ0n) is 12.0. The zero-order chi connectivity index (χ0) is 13.8. The van der Waals surface area contributed by atoms with Crippen molar-refractivity contribution in [2.24, 2.45) is 0 Å². The van der Waals surface area contributed by atoms with Gasteiger partial charge in [0.25, 0.3) is 0 Å². The molecule has 0 saturated carbocycles. The molecule has 0 aliphatic carbocycles. The van der Waals surface area contributed by atoms with Gasteiger partial charge in [-0.3, -0.25) is 14.3 Å². The fourth-order valence-electron chi connectivity index (χ4n) is 2.92. The van der Waals surface area contributed by atoms with Gasteiger partial charge in [0.05, 0.1) is 19.3 Å². The van der Waals surface area contributed by atoms with Crippen molar-refractivity contribution in [1.29, 1.82) is 0 Å². The predicted molar refractivity (Wildman–Crippen MR) is 76.2 cm³/mol. The normalized spacial score (nSPS) is 20.4. The van der Waals surface area contributed by atoms with Gasteiger partial charge in [0.15, 0.2) is 0 Å². The number of aromatic nitrogens is 5. The molecule has 1 saturated heterocycles. The van der Waals surface area contributed by atoms with Crippen molar-refractivity contribution < 1.29 is 0 Å². The SMILES string of the molecule is Cc1cnn(C[C@H]2CCCCN2CCn2cncn2)c1. The van der Waals surface area contributed by atoms with Gasteiger partial charge in [-0.1, -0.05) is 6.42 Å². The number of hydrogen-bond donors (Lipinski definition) is 0. The molecule has 1 atom stereocenters. The molecule has 20 heavy (non-hydrogen) atoms. The molecule has 0 bridgehead atoms. The largest absolute Gasteiger partial charge is 0.297 e. The molecule has 1 aliphatic heterocycles. The van der Waals surface area contributed by atoms with E-state index in [1.165, 1.54) is 31.4 Å². The van der Waals surface area contributed by atoms with Crippen LogP contribution in [0.2, 0.25) is 0 Å². The lowest BCUT2D eigenvalue weighted by atomic mass is 10.0. The average molecular weight is 274 g/mol. The molecule has 0 amide bonds. The van der Waals surface area contributed by atoms with E-state index in [-0.39, 0.29) is 0 Å². The van der Waals surface area contributed by atoms with E-state index in [2.05, 4.69) is 37.9 Å². The van der Waals surface area contributed by atoms with Crippen molar-refractivity contribution in [1.82, 2.24) is 29.4 Å². The van der Waals surface area contributed by atoms with Crippen molar-refractivity contribution in [3.8, 4) is 0 Å². The second-order valence-electron chi connectivity index (χ2n) is 5.58. The lowest BCUT2D eigenvalue weighted by Gasteiger charge is -2.35.